The van der Waals surface area contributed by atoms with Crippen molar-refractivity contribution in [3.63, 3.8) is 0 Å². The molecule has 1 aromatic heterocycles. The molecule has 0 saturated carbocycles. The Morgan fingerprint density at radius 1 is 1.44 bits per heavy atom. The van der Waals surface area contributed by atoms with Gasteiger partial charge in [-0.1, -0.05) is 16.8 Å². The summed E-state index contributed by atoms with van der Waals surface area (Å²) < 4.78 is 7.23. The number of carbonyl (C=O) groups is 1. The third kappa shape index (κ3) is 2.74. The largest absolute Gasteiger partial charge is 0.486 e. The zero-order valence-electron chi connectivity index (χ0n) is 10.7. The van der Waals surface area contributed by atoms with Gasteiger partial charge in [-0.3, -0.25) is 9.48 Å². The van der Waals surface area contributed by atoms with Crippen molar-refractivity contribution in [2.45, 2.75) is 20.5 Å². The first kappa shape index (κ1) is 12.3. The Morgan fingerprint density at radius 3 is 2.83 bits per heavy atom. The Morgan fingerprint density at radius 2 is 2.22 bits per heavy atom. The summed E-state index contributed by atoms with van der Waals surface area (Å²) in [6, 6.07) is 5.55. The number of aromatic nitrogens is 3. The minimum absolute atomic E-state index is 0.00662. The summed E-state index contributed by atoms with van der Waals surface area (Å²) in [6.07, 6.45) is 1.78. The van der Waals surface area contributed by atoms with E-state index in [4.69, 9.17) is 4.74 Å². The molecule has 94 valence electrons. The van der Waals surface area contributed by atoms with Gasteiger partial charge in [-0.25, -0.2) is 0 Å². The SMILES string of the molecule is CC(=O)c1cc(C)ccc1OCc1cn(C)nn1. The Kier molecular flexibility index (Phi) is 3.41. The van der Waals surface area contributed by atoms with Crippen LogP contribution < -0.4 is 4.74 Å². The molecule has 0 aliphatic rings. The van der Waals surface area contributed by atoms with E-state index < -0.39 is 0 Å². The number of Topliss-reactive ketones (excluding diaryl/α,β-unsaturated/α-hetero) is 1. The lowest BCUT2D eigenvalue weighted by molar-refractivity contribution is 0.101. The fraction of sp³-hybridized carbons (Fsp3) is 0.308. The van der Waals surface area contributed by atoms with Crippen LogP contribution in [0.15, 0.2) is 24.4 Å². The van der Waals surface area contributed by atoms with Crippen LogP contribution in [0, 0.1) is 6.92 Å². The smallest absolute Gasteiger partial charge is 0.163 e. The third-order valence-electron chi connectivity index (χ3n) is 2.54. The molecule has 1 aromatic carbocycles. The molecule has 0 fully saturated rings. The average molecular weight is 245 g/mol. The molecule has 0 unspecified atom stereocenters. The number of hydrogen-bond donors (Lipinski definition) is 0. The van der Waals surface area contributed by atoms with Crippen LogP contribution in [0.1, 0.15) is 28.5 Å². The number of benzene rings is 1. The van der Waals surface area contributed by atoms with Gasteiger partial charge in [0, 0.05) is 7.05 Å². The van der Waals surface area contributed by atoms with Crippen molar-refractivity contribution >= 4 is 5.78 Å². The quantitative estimate of drug-likeness (QED) is 0.772. The van der Waals surface area contributed by atoms with Crippen molar-refractivity contribution in [3.05, 3.63) is 41.2 Å². The van der Waals surface area contributed by atoms with Crippen LogP contribution in [0.2, 0.25) is 0 Å². The number of rotatable bonds is 4. The second-order valence-electron chi connectivity index (χ2n) is 4.23. The Balaban J connectivity index is 2.16. The molecule has 1 heterocycles. The highest BCUT2D eigenvalue weighted by atomic mass is 16.5. The predicted molar refractivity (Wildman–Crippen MR) is 66.5 cm³/mol. The van der Waals surface area contributed by atoms with E-state index in [1.54, 1.807) is 17.9 Å². The molecule has 0 aliphatic carbocycles. The number of carbonyl (C=O) groups excluding carboxylic acids is 1. The van der Waals surface area contributed by atoms with Gasteiger partial charge >= 0.3 is 0 Å². The molecular formula is C13H15N3O2. The summed E-state index contributed by atoms with van der Waals surface area (Å²) in [5.74, 6) is 0.576. The normalized spacial score (nSPS) is 10.4. The molecule has 2 aromatic rings. The summed E-state index contributed by atoms with van der Waals surface area (Å²) in [4.78, 5) is 11.5. The van der Waals surface area contributed by atoms with Gasteiger partial charge in [0.15, 0.2) is 5.78 Å². The van der Waals surface area contributed by atoms with Crippen LogP contribution in [0.25, 0.3) is 0 Å². The highest BCUT2D eigenvalue weighted by molar-refractivity contribution is 5.97. The first-order chi connectivity index (χ1) is 8.56. The van der Waals surface area contributed by atoms with Crippen LogP contribution in [-0.4, -0.2) is 20.8 Å². The molecule has 0 amide bonds. The fourth-order valence-corrected chi connectivity index (χ4v) is 1.66. The van der Waals surface area contributed by atoms with Crippen LogP contribution >= 0.6 is 0 Å². The zero-order valence-corrected chi connectivity index (χ0v) is 10.7. The van der Waals surface area contributed by atoms with Gasteiger partial charge in [0.2, 0.25) is 0 Å². The lowest BCUT2D eigenvalue weighted by atomic mass is 10.1. The number of ketones is 1. The molecule has 0 saturated heterocycles. The molecule has 18 heavy (non-hydrogen) atoms. The van der Waals surface area contributed by atoms with Crippen LogP contribution in [0.4, 0.5) is 0 Å². The highest BCUT2D eigenvalue weighted by Gasteiger charge is 2.09. The van der Waals surface area contributed by atoms with E-state index in [9.17, 15) is 4.79 Å². The molecule has 0 aliphatic heterocycles. The van der Waals surface area contributed by atoms with E-state index >= 15 is 0 Å². The van der Waals surface area contributed by atoms with Crippen molar-refractivity contribution in [2.75, 3.05) is 0 Å². The minimum atomic E-state index is -0.00662. The summed E-state index contributed by atoms with van der Waals surface area (Å²) in [5, 5.41) is 7.75. The standard InChI is InChI=1S/C13H15N3O2/c1-9-4-5-13(12(6-9)10(2)17)18-8-11-7-16(3)15-14-11/h4-7H,8H2,1-3H3. The van der Waals surface area contributed by atoms with Gasteiger partial charge in [0.25, 0.3) is 0 Å². The van der Waals surface area contributed by atoms with Crippen LogP contribution in [0.5, 0.6) is 5.75 Å². The molecule has 0 bridgehead atoms. The van der Waals surface area contributed by atoms with E-state index in [-0.39, 0.29) is 5.78 Å². The van der Waals surface area contributed by atoms with Gasteiger partial charge in [0.05, 0.1) is 11.8 Å². The molecular weight excluding hydrogens is 230 g/mol. The van der Waals surface area contributed by atoms with Gasteiger partial charge in [-0.15, -0.1) is 5.10 Å². The predicted octanol–water partition coefficient (Wildman–Crippen LogP) is 1.91. The first-order valence-corrected chi connectivity index (χ1v) is 5.66. The van der Waals surface area contributed by atoms with E-state index in [0.717, 1.165) is 11.3 Å². The molecule has 0 atom stereocenters. The topological polar surface area (TPSA) is 57.0 Å². The molecule has 0 radical (unpaired) electrons. The zero-order chi connectivity index (χ0) is 13.1. The second-order valence-corrected chi connectivity index (χ2v) is 4.23. The molecule has 5 nitrogen and oxygen atoms in total. The summed E-state index contributed by atoms with van der Waals surface area (Å²) in [7, 11) is 1.80. The molecule has 2 rings (SSSR count). The minimum Gasteiger partial charge on any atom is -0.486 e. The molecule has 0 N–H and O–H groups in total. The monoisotopic (exact) mass is 245 g/mol. The summed E-state index contributed by atoms with van der Waals surface area (Å²) in [5.41, 5.74) is 2.36. The van der Waals surface area contributed by atoms with Crippen LogP contribution in [0.3, 0.4) is 0 Å². The maximum Gasteiger partial charge on any atom is 0.163 e. The third-order valence-corrected chi connectivity index (χ3v) is 2.54. The molecule has 0 spiro atoms. The average Bonchev–Trinajstić information content (AvgIpc) is 2.73. The highest BCUT2D eigenvalue weighted by Crippen LogP contribution is 2.21. The number of nitrogens with zero attached hydrogens (tertiary/aromatic N) is 3. The lowest BCUT2D eigenvalue weighted by Gasteiger charge is -2.09. The lowest BCUT2D eigenvalue weighted by Crippen LogP contribution is -2.02. The Hall–Kier alpha value is -2.17. The number of ether oxygens (including phenoxy) is 1. The van der Waals surface area contributed by atoms with Crippen molar-refractivity contribution in [2.24, 2.45) is 7.05 Å². The number of hydrogen-bond acceptors (Lipinski definition) is 4. The maximum atomic E-state index is 11.5. The first-order valence-electron chi connectivity index (χ1n) is 5.66. The summed E-state index contributed by atoms with van der Waals surface area (Å²) >= 11 is 0. The van der Waals surface area contributed by atoms with Gasteiger partial charge < -0.3 is 4.74 Å². The van der Waals surface area contributed by atoms with E-state index in [1.807, 2.05) is 25.1 Å². The van der Waals surface area contributed by atoms with Crippen LogP contribution in [-0.2, 0) is 13.7 Å². The van der Waals surface area contributed by atoms with E-state index in [1.165, 1.54) is 6.92 Å². The van der Waals surface area contributed by atoms with Gasteiger partial charge in [0.1, 0.15) is 18.1 Å². The second kappa shape index (κ2) is 5.00. The maximum absolute atomic E-state index is 11.5. The fourth-order valence-electron chi connectivity index (χ4n) is 1.66. The summed E-state index contributed by atoms with van der Waals surface area (Å²) in [6.45, 7) is 3.78. The van der Waals surface area contributed by atoms with Gasteiger partial charge in [-0.05, 0) is 26.0 Å². The van der Waals surface area contributed by atoms with Crippen molar-refractivity contribution in [3.8, 4) is 5.75 Å². The van der Waals surface area contributed by atoms with Crippen molar-refractivity contribution < 1.29 is 9.53 Å². The van der Waals surface area contributed by atoms with Crippen molar-refractivity contribution in [1.29, 1.82) is 0 Å². The molecule has 5 heteroatoms. The van der Waals surface area contributed by atoms with Crippen molar-refractivity contribution in [1.82, 2.24) is 15.0 Å². The number of aryl methyl sites for hydroxylation is 2. The van der Waals surface area contributed by atoms with E-state index in [2.05, 4.69) is 10.3 Å². The Labute approximate surface area is 105 Å². The van der Waals surface area contributed by atoms with Gasteiger partial charge in [-0.2, -0.15) is 0 Å². The van der Waals surface area contributed by atoms with E-state index in [0.29, 0.717) is 17.9 Å². The Bertz CT molecular complexity index is 575.